The van der Waals surface area contributed by atoms with E-state index in [-0.39, 0.29) is 18.6 Å². The lowest BCUT2D eigenvalue weighted by Crippen LogP contribution is -2.42. The van der Waals surface area contributed by atoms with Gasteiger partial charge in [0.2, 0.25) is 5.91 Å². The van der Waals surface area contributed by atoms with Gasteiger partial charge in [0, 0.05) is 11.4 Å². The van der Waals surface area contributed by atoms with Crippen molar-refractivity contribution < 1.29 is 9.59 Å². The summed E-state index contributed by atoms with van der Waals surface area (Å²) in [7, 11) is 0. The maximum absolute atomic E-state index is 12.8. The van der Waals surface area contributed by atoms with Crippen LogP contribution in [0.3, 0.4) is 0 Å². The van der Waals surface area contributed by atoms with Crippen molar-refractivity contribution in [3.05, 3.63) is 39.8 Å². The van der Waals surface area contributed by atoms with Crippen molar-refractivity contribution in [2.45, 2.75) is 32.7 Å². The van der Waals surface area contributed by atoms with Crippen LogP contribution in [0.25, 0.3) is 10.2 Å². The molecule has 0 spiro atoms. The van der Waals surface area contributed by atoms with Gasteiger partial charge in [-0.2, -0.15) is 0 Å². The van der Waals surface area contributed by atoms with E-state index in [2.05, 4.69) is 29.1 Å². The molecule has 1 atom stereocenters. The number of carbonyl (C=O) groups is 2. The van der Waals surface area contributed by atoms with E-state index in [0.29, 0.717) is 11.3 Å². The molecule has 0 bridgehead atoms. The van der Waals surface area contributed by atoms with Gasteiger partial charge in [0.1, 0.15) is 11.4 Å². The van der Waals surface area contributed by atoms with Crippen molar-refractivity contribution in [3.63, 3.8) is 0 Å². The maximum Gasteiger partial charge on any atom is 0.321 e. The van der Waals surface area contributed by atoms with E-state index < -0.39 is 11.9 Å². The highest BCUT2D eigenvalue weighted by Crippen LogP contribution is 2.35. The molecule has 0 fully saturated rings. The Kier molecular flexibility index (Phi) is 4.98. The SMILES string of the molecule is C=CCNC(=O)NC(=O)Cn1cnc2sc3c(c2c1=O)CC[C@@H](C)C3. The fourth-order valence-corrected chi connectivity index (χ4v) is 4.35. The first-order valence-electron chi connectivity index (χ1n) is 8.18. The summed E-state index contributed by atoms with van der Waals surface area (Å²) in [5.74, 6) is 0.0465. The number of nitrogens with zero attached hydrogens (tertiary/aromatic N) is 2. The van der Waals surface area contributed by atoms with Crippen molar-refractivity contribution in [2.24, 2.45) is 5.92 Å². The van der Waals surface area contributed by atoms with Gasteiger partial charge in [-0.25, -0.2) is 9.78 Å². The lowest BCUT2D eigenvalue weighted by Gasteiger charge is -2.17. The second-order valence-corrected chi connectivity index (χ2v) is 7.34. The first kappa shape index (κ1) is 17.3. The fourth-order valence-electron chi connectivity index (χ4n) is 3.01. The quantitative estimate of drug-likeness (QED) is 0.810. The maximum atomic E-state index is 12.8. The molecule has 0 aliphatic heterocycles. The van der Waals surface area contributed by atoms with E-state index in [0.717, 1.165) is 29.7 Å². The summed E-state index contributed by atoms with van der Waals surface area (Å²) < 4.78 is 1.25. The van der Waals surface area contributed by atoms with Gasteiger partial charge in [-0.15, -0.1) is 17.9 Å². The molecule has 1 aliphatic carbocycles. The van der Waals surface area contributed by atoms with Crippen molar-refractivity contribution >= 4 is 33.5 Å². The van der Waals surface area contributed by atoms with Crippen molar-refractivity contribution in [2.75, 3.05) is 6.54 Å². The zero-order valence-electron chi connectivity index (χ0n) is 14.0. The van der Waals surface area contributed by atoms with Gasteiger partial charge in [-0.1, -0.05) is 13.0 Å². The number of nitrogens with one attached hydrogen (secondary N) is 2. The summed E-state index contributed by atoms with van der Waals surface area (Å²) in [6.45, 7) is 5.69. The third-order valence-electron chi connectivity index (χ3n) is 4.26. The molecular formula is C17H20N4O3S. The van der Waals surface area contributed by atoms with Crippen LogP contribution in [0.1, 0.15) is 23.8 Å². The average molecular weight is 360 g/mol. The third-order valence-corrected chi connectivity index (χ3v) is 5.42. The summed E-state index contributed by atoms with van der Waals surface area (Å²) in [5.41, 5.74) is 0.854. The average Bonchev–Trinajstić information content (AvgIpc) is 2.93. The van der Waals surface area contributed by atoms with Crippen LogP contribution in [-0.4, -0.2) is 28.0 Å². The normalized spacial score (nSPS) is 16.3. The van der Waals surface area contributed by atoms with Crippen molar-refractivity contribution in [1.29, 1.82) is 0 Å². The Morgan fingerprint density at radius 3 is 3.08 bits per heavy atom. The second-order valence-electron chi connectivity index (χ2n) is 6.26. The minimum Gasteiger partial charge on any atom is -0.334 e. The molecule has 0 saturated carbocycles. The monoisotopic (exact) mass is 360 g/mol. The third kappa shape index (κ3) is 3.63. The Hall–Kier alpha value is -2.48. The lowest BCUT2D eigenvalue weighted by molar-refractivity contribution is -0.120. The number of imide groups is 1. The van der Waals surface area contributed by atoms with Gasteiger partial charge in [0.25, 0.3) is 5.56 Å². The van der Waals surface area contributed by atoms with E-state index in [1.807, 2.05) is 0 Å². The number of fused-ring (bicyclic) bond motifs is 3. The molecule has 0 saturated heterocycles. The van der Waals surface area contributed by atoms with E-state index in [4.69, 9.17) is 0 Å². The number of aromatic nitrogens is 2. The van der Waals surface area contributed by atoms with E-state index in [9.17, 15) is 14.4 Å². The Bertz CT molecular complexity index is 899. The van der Waals surface area contributed by atoms with Crippen LogP contribution in [0.5, 0.6) is 0 Å². The van der Waals surface area contributed by atoms with Gasteiger partial charge >= 0.3 is 6.03 Å². The van der Waals surface area contributed by atoms with E-state index >= 15 is 0 Å². The number of thiophene rings is 1. The highest BCUT2D eigenvalue weighted by Gasteiger charge is 2.23. The smallest absolute Gasteiger partial charge is 0.321 e. The van der Waals surface area contributed by atoms with Gasteiger partial charge in [-0.05, 0) is 30.7 Å². The molecule has 132 valence electrons. The molecular weight excluding hydrogens is 340 g/mol. The molecule has 2 N–H and O–H groups in total. The molecule has 0 aromatic carbocycles. The Labute approximate surface area is 148 Å². The van der Waals surface area contributed by atoms with Gasteiger partial charge in [-0.3, -0.25) is 19.5 Å². The fraction of sp³-hybridized carbons (Fsp3) is 0.412. The summed E-state index contributed by atoms with van der Waals surface area (Å²) in [6.07, 6.45) is 5.77. The molecule has 3 rings (SSSR count). The van der Waals surface area contributed by atoms with Crippen LogP contribution in [0, 0.1) is 5.92 Å². The summed E-state index contributed by atoms with van der Waals surface area (Å²) in [5, 5.41) is 5.25. The molecule has 1 aliphatic rings. The molecule has 2 heterocycles. The summed E-state index contributed by atoms with van der Waals surface area (Å²) in [6, 6.07) is -0.617. The molecule has 0 unspecified atom stereocenters. The van der Waals surface area contributed by atoms with Crippen LogP contribution in [0.15, 0.2) is 23.8 Å². The van der Waals surface area contributed by atoms with Gasteiger partial charge in [0.15, 0.2) is 0 Å². The zero-order valence-corrected chi connectivity index (χ0v) is 14.8. The number of hydrogen-bond acceptors (Lipinski definition) is 5. The highest BCUT2D eigenvalue weighted by atomic mass is 32.1. The van der Waals surface area contributed by atoms with Crippen molar-refractivity contribution in [1.82, 2.24) is 20.2 Å². The molecule has 3 amide bonds. The van der Waals surface area contributed by atoms with Crippen LogP contribution in [0.4, 0.5) is 4.79 Å². The minimum atomic E-state index is -0.617. The first-order valence-corrected chi connectivity index (χ1v) is 8.99. The summed E-state index contributed by atoms with van der Waals surface area (Å²) in [4.78, 5) is 42.5. The predicted molar refractivity (Wildman–Crippen MR) is 96.8 cm³/mol. The van der Waals surface area contributed by atoms with Crippen LogP contribution < -0.4 is 16.2 Å². The standard InChI is InChI=1S/C17H20N4O3S/c1-3-6-18-17(24)20-13(22)8-21-9-19-15-14(16(21)23)11-5-4-10(2)7-12(11)25-15/h3,9-10H,1,4-8H2,2H3,(H2,18,20,22,24)/t10-/m1/s1. The van der Waals surface area contributed by atoms with Crippen LogP contribution >= 0.6 is 11.3 Å². The predicted octanol–water partition coefficient (Wildman–Crippen LogP) is 1.59. The van der Waals surface area contributed by atoms with Crippen molar-refractivity contribution in [3.8, 4) is 0 Å². The molecule has 8 heteroatoms. The zero-order chi connectivity index (χ0) is 18.0. The molecule has 2 aromatic heterocycles. The Morgan fingerprint density at radius 1 is 1.52 bits per heavy atom. The number of aryl methyl sites for hydroxylation is 1. The highest BCUT2D eigenvalue weighted by molar-refractivity contribution is 7.18. The van der Waals surface area contributed by atoms with E-state index in [1.54, 1.807) is 11.3 Å². The number of rotatable bonds is 4. The largest absolute Gasteiger partial charge is 0.334 e. The number of urea groups is 1. The number of amides is 3. The Morgan fingerprint density at radius 2 is 2.32 bits per heavy atom. The first-order chi connectivity index (χ1) is 12.0. The van der Waals surface area contributed by atoms with E-state index in [1.165, 1.54) is 21.8 Å². The second kappa shape index (κ2) is 7.18. The lowest BCUT2D eigenvalue weighted by atomic mass is 9.89. The number of carbonyl (C=O) groups excluding carboxylic acids is 2. The molecule has 0 radical (unpaired) electrons. The van der Waals surface area contributed by atoms with Crippen LogP contribution in [0.2, 0.25) is 0 Å². The molecule has 7 nitrogen and oxygen atoms in total. The molecule has 2 aromatic rings. The van der Waals surface area contributed by atoms with Gasteiger partial charge < -0.3 is 5.32 Å². The number of hydrogen-bond donors (Lipinski definition) is 2. The van der Waals surface area contributed by atoms with Gasteiger partial charge in [0.05, 0.1) is 11.7 Å². The topological polar surface area (TPSA) is 93.1 Å². The summed E-state index contributed by atoms with van der Waals surface area (Å²) >= 11 is 1.57. The minimum absolute atomic E-state index is 0.223. The molecule has 25 heavy (non-hydrogen) atoms. The van der Waals surface area contributed by atoms with Crippen LogP contribution in [-0.2, 0) is 24.2 Å². The Balaban J connectivity index is 1.82.